The highest BCUT2D eigenvalue weighted by atomic mass is 19.4. The van der Waals surface area contributed by atoms with Crippen LogP contribution in [0.15, 0.2) is 72.8 Å². The molecule has 5 rings (SSSR count). The number of nitrogens with one attached hydrogen (secondary N) is 1. The minimum absolute atomic E-state index is 0.0564. The number of alkyl halides is 3. The van der Waals surface area contributed by atoms with Gasteiger partial charge in [-0.1, -0.05) is 61.0 Å². The summed E-state index contributed by atoms with van der Waals surface area (Å²) in [5.74, 6) is -2.81. The fraction of sp³-hybridized carbons (Fsp3) is 0.310. The van der Waals surface area contributed by atoms with Gasteiger partial charge in [-0.25, -0.2) is 4.79 Å². The summed E-state index contributed by atoms with van der Waals surface area (Å²) in [6.07, 6.45) is 1.19. The number of nitrogens with zero attached hydrogens (tertiary/aromatic N) is 1. The van der Waals surface area contributed by atoms with Gasteiger partial charge in [-0.05, 0) is 66.1 Å². The summed E-state index contributed by atoms with van der Waals surface area (Å²) >= 11 is 0. The van der Waals surface area contributed by atoms with Crippen LogP contribution in [0, 0.1) is 0 Å². The molecule has 194 valence electrons. The van der Waals surface area contributed by atoms with Crippen LogP contribution in [-0.4, -0.2) is 47.2 Å². The van der Waals surface area contributed by atoms with E-state index < -0.39 is 12.1 Å². The summed E-state index contributed by atoms with van der Waals surface area (Å²) in [7, 11) is 0. The molecule has 3 aromatic rings. The van der Waals surface area contributed by atoms with Gasteiger partial charge < -0.3 is 10.4 Å². The lowest BCUT2D eigenvalue weighted by Gasteiger charge is -2.36. The first kappa shape index (κ1) is 26.4. The van der Waals surface area contributed by atoms with Gasteiger partial charge in [0.05, 0.1) is 0 Å². The summed E-state index contributed by atoms with van der Waals surface area (Å²) in [6, 6.07) is 25.2. The zero-order chi connectivity index (χ0) is 26.4. The summed E-state index contributed by atoms with van der Waals surface area (Å²) in [6.45, 7) is 2.29. The Kier molecular flexibility index (Phi) is 8.28. The Morgan fingerprint density at radius 2 is 1.49 bits per heavy atom. The van der Waals surface area contributed by atoms with E-state index in [4.69, 9.17) is 9.90 Å². The van der Waals surface area contributed by atoms with Gasteiger partial charge in [0, 0.05) is 30.4 Å². The first-order valence-corrected chi connectivity index (χ1v) is 12.3. The van der Waals surface area contributed by atoms with E-state index in [0.717, 1.165) is 48.8 Å². The van der Waals surface area contributed by atoms with E-state index in [1.165, 1.54) is 30.4 Å². The maximum atomic E-state index is 13.1. The molecule has 5 nitrogen and oxygen atoms in total. The van der Waals surface area contributed by atoms with Crippen molar-refractivity contribution < 1.29 is 27.9 Å². The molecule has 0 spiro atoms. The van der Waals surface area contributed by atoms with Crippen LogP contribution in [-0.2, 0) is 17.6 Å². The molecule has 1 heterocycles. The first-order valence-electron chi connectivity index (χ1n) is 12.3. The lowest BCUT2D eigenvalue weighted by Crippen LogP contribution is -2.41. The van der Waals surface area contributed by atoms with Crippen LogP contribution >= 0.6 is 0 Å². The van der Waals surface area contributed by atoms with Gasteiger partial charge in [0.15, 0.2) is 0 Å². The number of hydrogen-bond donors (Lipinski definition) is 2. The van der Waals surface area contributed by atoms with Crippen molar-refractivity contribution in [1.82, 2.24) is 4.90 Å². The second kappa shape index (κ2) is 11.6. The normalized spacial score (nSPS) is 15.9. The molecule has 8 heteroatoms. The maximum absolute atomic E-state index is 13.1. The molecule has 2 N–H and O–H groups in total. The number of benzene rings is 3. The van der Waals surface area contributed by atoms with Gasteiger partial charge in [-0.3, -0.25) is 9.69 Å². The monoisotopic (exact) mass is 510 g/mol. The third kappa shape index (κ3) is 6.77. The number of carboxylic acid groups (broad SMARTS) is 1. The van der Waals surface area contributed by atoms with Gasteiger partial charge >= 0.3 is 12.1 Å². The summed E-state index contributed by atoms with van der Waals surface area (Å²) in [4.78, 5) is 24.7. The molecule has 0 atom stereocenters. The van der Waals surface area contributed by atoms with Crippen molar-refractivity contribution in [2.45, 2.75) is 44.3 Å². The molecule has 1 aliphatic carbocycles. The van der Waals surface area contributed by atoms with Crippen molar-refractivity contribution in [3.63, 3.8) is 0 Å². The number of carboxylic acids is 1. The van der Waals surface area contributed by atoms with Crippen LogP contribution in [0.2, 0.25) is 0 Å². The Morgan fingerprint density at radius 3 is 2.11 bits per heavy atom. The van der Waals surface area contributed by atoms with Crippen LogP contribution in [0.4, 0.5) is 18.9 Å². The fourth-order valence-corrected chi connectivity index (χ4v) is 4.69. The van der Waals surface area contributed by atoms with Gasteiger partial charge in [-0.15, -0.1) is 0 Å². The summed E-state index contributed by atoms with van der Waals surface area (Å²) < 4.78 is 31.7. The summed E-state index contributed by atoms with van der Waals surface area (Å²) in [5, 5.41) is 10.3. The quantitative estimate of drug-likeness (QED) is 0.439. The van der Waals surface area contributed by atoms with Gasteiger partial charge in [0.25, 0.3) is 5.91 Å². The Hall–Kier alpha value is -3.65. The second-order valence-electron chi connectivity index (χ2n) is 9.27. The predicted molar refractivity (Wildman–Crippen MR) is 137 cm³/mol. The maximum Gasteiger partial charge on any atom is 0.490 e. The highest BCUT2D eigenvalue weighted by molar-refractivity contribution is 6.08. The van der Waals surface area contributed by atoms with Gasteiger partial charge in [0.1, 0.15) is 0 Å². The molecular formula is C29H29F3N2O3. The van der Waals surface area contributed by atoms with Crippen LogP contribution in [0.5, 0.6) is 0 Å². The Morgan fingerprint density at radius 1 is 0.865 bits per heavy atom. The molecule has 3 aromatic carbocycles. The standard InChI is InChI=1S/C27H28N2O.C2HF3O2/c30-27(26-12-5-4-11-25(26)21-7-2-1-3-8-21)28-23-14-13-20-15-17-29(24-9-6-10-24)18-16-22(20)19-23;3-2(4,5)1(6)7/h1-5,7-8,11-14,19,24H,6,9-10,15-18H2,(H,28,30);(H,6,7). The van der Waals surface area contributed by atoms with E-state index in [9.17, 15) is 18.0 Å². The van der Waals surface area contributed by atoms with E-state index in [-0.39, 0.29) is 5.91 Å². The minimum Gasteiger partial charge on any atom is -0.475 e. The molecule has 0 saturated heterocycles. The van der Waals surface area contributed by atoms with Crippen molar-refractivity contribution in [1.29, 1.82) is 0 Å². The van der Waals surface area contributed by atoms with Crippen molar-refractivity contribution >= 4 is 17.6 Å². The zero-order valence-electron chi connectivity index (χ0n) is 20.3. The molecule has 37 heavy (non-hydrogen) atoms. The van der Waals surface area contributed by atoms with E-state index in [1.54, 1.807) is 0 Å². The van der Waals surface area contributed by atoms with Gasteiger partial charge in [-0.2, -0.15) is 13.2 Å². The van der Waals surface area contributed by atoms with Gasteiger partial charge in [0.2, 0.25) is 0 Å². The third-order valence-electron chi connectivity index (χ3n) is 6.89. The SMILES string of the molecule is O=C(Nc1ccc2c(c1)CCN(C1CCC1)CC2)c1ccccc1-c1ccccc1.O=C(O)C(F)(F)F. The molecule has 1 saturated carbocycles. The molecule has 0 radical (unpaired) electrons. The van der Waals surface area contributed by atoms with Crippen molar-refractivity contribution in [3.8, 4) is 11.1 Å². The topological polar surface area (TPSA) is 69.6 Å². The molecule has 1 aliphatic heterocycles. The Bertz CT molecular complexity index is 1240. The van der Waals surface area contributed by atoms with Crippen LogP contribution in [0.25, 0.3) is 11.1 Å². The average Bonchev–Trinajstić information content (AvgIpc) is 3.06. The van der Waals surface area contributed by atoms with Crippen molar-refractivity contribution in [2.24, 2.45) is 0 Å². The number of aliphatic carboxylic acids is 1. The van der Waals surface area contributed by atoms with Crippen LogP contribution < -0.4 is 5.32 Å². The lowest BCUT2D eigenvalue weighted by molar-refractivity contribution is -0.192. The second-order valence-corrected chi connectivity index (χ2v) is 9.27. The van der Waals surface area contributed by atoms with Crippen LogP contribution in [0.1, 0.15) is 40.7 Å². The number of carbonyl (C=O) groups is 2. The molecular weight excluding hydrogens is 481 g/mol. The average molecular weight is 511 g/mol. The van der Waals surface area contributed by atoms with E-state index in [2.05, 4.69) is 28.4 Å². The minimum atomic E-state index is -5.08. The smallest absolute Gasteiger partial charge is 0.475 e. The van der Waals surface area contributed by atoms with Crippen LogP contribution in [0.3, 0.4) is 0 Å². The fourth-order valence-electron chi connectivity index (χ4n) is 4.69. The van der Waals surface area contributed by atoms with E-state index in [1.807, 2.05) is 54.6 Å². The largest absolute Gasteiger partial charge is 0.490 e. The molecule has 1 fully saturated rings. The number of rotatable bonds is 4. The van der Waals surface area contributed by atoms with E-state index >= 15 is 0 Å². The number of carbonyl (C=O) groups excluding carboxylic acids is 1. The number of halogens is 3. The number of anilines is 1. The van der Waals surface area contributed by atoms with Crippen molar-refractivity contribution in [3.05, 3.63) is 89.5 Å². The Balaban J connectivity index is 0.000000405. The first-order chi connectivity index (χ1) is 17.7. The Labute approximate surface area is 213 Å². The zero-order valence-corrected chi connectivity index (χ0v) is 20.3. The summed E-state index contributed by atoms with van der Waals surface area (Å²) in [5.41, 5.74) is 6.42. The number of fused-ring (bicyclic) bond motifs is 1. The van der Waals surface area contributed by atoms with E-state index in [0.29, 0.717) is 5.56 Å². The number of hydrogen-bond acceptors (Lipinski definition) is 3. The molecule has 0 aromatic heterocycles. The highest BCUT2D eigenvalue weighted by Crippen LogP contribution is 2.29. The molecule has 0 bridgehead atoms. The van der Waals surface area contributed by atoms with Crippen molar-refractivity contribution in [2.75, 3.05) is 18.4 Å². The number of amides is 1. The molecule has 0 unspecified atom stereocenters. The molecule has 2 aliphatic rings. The highest BCUT2D eigenvalue weighted by Gasteiger charge is 2.38. The molecule has 1 amide bonds. The predicted octanol–water partition coefficient (Wildman–Crippen LogP) is 6.19. The lowest BCUT2D eigenvalue weighted by atomic mass is 9.91. The third-order valence-corrected chi connectivity index (χ3v) is 6.89.